The van der Waals surface area contributed by atoms with Crippen molar-refractivity contribution in [2.45, 2.75) is 13.5 Å². The number of nitrogens with one attached hydrogen (secondary N) is 1. The molecule has 0 aliphatic rings. The van der Waals surface area contributed by atoms with Crippen LogP contribution in [0.3, 0.4) is 0 Å². The Bertz CT molecular complexity index is 818. The Kier molecular flexibility index (Phi) is 2.70. The predicted octanol–water partition coefficient (Wildman–Crippen LogP) is 3.32. The second-order valence-electron chi connectivity index (χ2n) is 4.20. The average Bonchev–Trinajstić information content (AvgIpc) is 2.90. The summed E-state index contributed by atoms with van der Waals surface area (Å²) < 4.78 is 33.9. The molecule has 0 amide bonds. The molecule has 0 atom stereocenters. The minimum atomic E-state index is -0.926. The number of aryl methyl sites for hydroxylation is 1. The number of benzene rings is 1. The van der Waals surface area contributed by atoms with Crippen molar-refractivity contribution in [1.82, 2.24) is 14.7 Å². The van der Waals surface area contributed by atoms with E-state index in [0.29, 0.717) is 21.7 Å². The Morgan fingerprint density at radius 3 is 2.89 bits per heavy atom. The quantitative estimate of drug-likeness (QED) is 0.733. The lowest BCUT2D eigenvalue weighted by Crippen LogP contribution is -2.02. The van der Waals surface area contributed by atoms with Gasteiger partial charge in [-0.05, 0) is 31.3 Å². The van der Waals surface area contributed by atoms with Gasteiger partial charge in [-0.15, -0.1) is 0 Å². The van der Waals surface area contributed by atoms with Crippen molar-refractivity contribution in [2.24, 2.45) is 0 Å². The van der Waals surface area contributed by atoms with Crippen LogP contribution < -0.4 is 0 Å². The molecule has 0 bridgehead atoms. The summed E-state index contributed by atoms with van der Waals surface area (Å²) >= 11 is 5.12. The summed E-state index contributed by atoms with van der Waals surface area (Å²) in [5, 5.41) is 3.82. The van der Waals surface area contributed by atoms with Gasteiger partial charge in [-0.2, -0.15) is 0 Å². The van der Waals surface area contributed by atoms with E-state index in [1.54, 1.807) is 13.0 Å². The summed E-state index contributed by atoms with van der Waals surface area (Å²) in [6, 6.07) is 4.24. The summed E-state index contributed by atoms with van der Waals surface area (Å²) in [6.07, 6.45) is 0. The van der Waals surface area contributed by atoms with E-state index in [4.69, 9.17) is 16.7 Å². The van der Waals surface area contributed by atoms with Gasteiger partial charge >= 0.3 is 0 Å². The molecule has 98 valence electrons. The maximum atomic E-state index is 13.9. The third kappa shape index (κ3) is 1.95. The minimum Gasteiger partial charge on any atom is -0.361 e. The van der Waals surface area contributed by atoms with Gasteiger partial charge in [0, 0.05) is 6.07 Å². The first kappa shape index (κ1) is 12.0. The fraction of sp³-hybridized carbons (Fsp3) is 0.167. The van der Waals surface area contributed by atoms with Crippen LogP contribution in [0.1, 0.15) is 11.5 Å². The maximum Gasteiger partial charge on any atom is 0.184 e. The van der Waals surface area contributed by atoms with Crippen molar-refractivity contribution < 1.29 is 13.3 Å². The van der Waals surface area contributed by atoms with E-state index in [9.17, 15) is 8.78 Å². The molecule has 0 saturated heterocycles. The minimum absolute atomic E-state index is 0.102. The number of imidazole rings is 1. The summed E-state index contributed by atoms with van der Waals surface area (Å²) in [4.78, 5) is 2.83. The summed E-state index contributed by atoms with van der Waals surface area (Å²) in [5.74, 6) is -1.19. The summed E-state index contributed by atoms with van der Waals surface area (Å²) in [6.45, 7) is 1.97. The van der Waals surface area contributed by atoms with Gasteiger partial charge in [-0.3, -0.25) is 0 Å². The van der Waals surface area contributed by atoms with E-state index in [1.807, 2.05) is 0 Å². The van der Waals surface area contributed by atoms with E-state index < -0.39 is 11.6 Å². The molecule has 0 aliphatic carbocycles. The van der Waals surface area contributed by atoms with Crippen molar-refractivity contribution in [1.29, 1.82) is 0 Å². The van der Waals surface area contributed by atoms with Crippen LogP contribution in [-0.2, 0) is 6.54 Å². The third-order valence-corrected chi connectivity index (χ3v) is 3.15. The molecule has 1 aromatic carbocycles. The SMILES string of the molecule is Cc1cc(Cn2c(=S)[nH]c3ccc(F)c(F)c32)no1. The van der Waals surface area contributed by atoms with E-state index in [2.05, 4.69) is 10.1 Å². The van der Waals surface area contributed by atoms with Crippen LogP contribution in [0.5, 0.6) is 0 Å². The highest BCUT2D eigenvalue weighted by molar-refractivity contribution is 7.71. The second-order valence-corrected chi connectivity index (χ2v) is 4.59. The largest absolute Gasteiger partial charge is 0.361 e. The Hall–Kier alpha value is -2.02. The van der Waals surface area contributed by atoms with Gasteiger partial charge in [-0.1, -0.05) is 5.16 Å². The topological polar surface area (TPSA) is 46.8 Å². The number of rotatable bonds is 2. The number of hydrogen-bond acceptors (Lipinski definition) is 3. The molecule has 2 heterocycles. The van der Waals surface area contributed by atoms with Crippen LogP contribution in [0.4, 0.5) is 8.78 Å². The fourth-order valence-corrected chi connectivity index (χ4v) is 2.26. The average molecular weight is 281 g/mol. The van der Waals surface area contributed by atoms with Crippen LogP contribution in [0.25, 0.3) is 11.0 Å². The molecular weight excluding hydrogens is 272 g/mol. The number of fused-ring (bicyclic) bond motifs is 1. The Morgan fingerprint density at radius 2 is 2.21 bits per heavy atom. The molecule has 0 aliphatic heterocycles. The number of halogens is 2. The van der Waals surface area contributed by atoms with Crippen LogP contribution in [0, 0.1) is 23.3 Å². The molecule has 19 heavy (non-hydrogen) atoms. The lowest BCUT2D eigenvalue weighted by molar-refractivity contribution is 0.389. The molecule has 0 radical (unpaired) electrons. The molecule has 2 aromatic heterocycles. The molecule has 1 N–H and O–H groups in total. The molecule has 0 saturated carbocycles. The summed E-state index contributed by atoms with van der Waals surface area (Å²) in [7, 11) is 0. The predicted molar refractivity (Wildman–Crippen MR) is 67.4 cm³/mol. The highest BCUT2D eigenvalue weighted by atomic mass is 32.1. The maximum absolute atomic E-state index is 13.9. The highest BCUT2D eigenvalue weighted by Gasteiger charge is 2.14. The third-order valence-electron chi connectivity index (χ3n) is 2.82. The molecule has 4 nitrogen and oxygen atoms in total. The number of nitrogens with zero attached hydrogens (tertiary/aromatic N) is 2. The lowest BCUT2D eigenvalue weighted by atomic mass is 10.3. The highest BCUT2D eigenvalue weighted by Crippen LogP contribution is 2.21. The zero-order valence-corrected chi connectivity index (χ0v) is 10.7. The Labute approximate surface area is 111 Å². The van der Waals surface area contributed by atoms with E-state index in [-0.39, 0.29) is 12.1 Å². The van der Waals surface area contributed by atoms with Crippen molar-refractivity contribution in [3.05, 3.63) is 46.1 Å². The number of aromatic amines is 1. The van der Waals surface area contributed by atoms with Gasteiger partial charge < -0.3 is 14.1 Å². The summed E-state index contributed by atoms with van der Waals surface area (Å²) in [5.41, 5.74) is 1.15. The molecular formula is C12H9F2N3OS. The first-order valence-corrected chi connectivity index (χ1v) is 5.96. The molecule has 0 fully saturated rings. The Balaban J connectivity index is 2.20. The monoisotopic (exact) mass is 281 g/mol. The molecule has 0 spiro atoms. The first-order valence-electron chi connectivity index (χ1n) is 5.55. The number of aromatic nitrogens is 3. The van der Waals surface area contributed by atoms with Gasteiger partial charge in [0.2, 0.25) is 0 Å². The van der Waals surface area contributed by atoms with Crippen molar-refractivity contribution >= 4 is 23.3 Å². The normalized spacial score (nSPS) is 11.3. The number of hydrogen-bond donors (Lipinski definition) is 1. The van der Waals surface area contributed by atoms with Gasteiger partial charge in [0.25, 0.3) is 0 Å². The van der Waals surface area contributed by atoms with Crippen molar-refractivity contribution in [3.8, 4) is 0 Å². The first-order chi connectivity index (χ1) is 9.06. The smallest absolute Gasteiger partial charge is 0.184 e. The zero-order chi connectivity index (χ0) is 13.6. The molecule has 3 aromatic rings. The molecule has 0 unspecified atom stereocenters. The van der Waals surface area contributed by atoms with Gasteiger partial charge in [0.15, 0.2) is 16.4 Å². The van der Waals surface area contributed by atoms with E-state index >= 15 is 0 Å². The lowest BCUT2D eigenvalue weighted by Gasteiger charge is -2.02. The van der Waals surface area contributed by atoms with Crippen molar-refractivity contribution in [3.63, 3.8) is 0 Å². The van der Waals surface area contributed by atoms with Gasteiger partial charge in [0.05, 0.1) is 12.1 Å². The van der Waals surface area contributed by atoms with Crippen LogP contribution >= 0.6 is 12.2 Å². The fourth-order valence-electron chi connectivity index (χ4n) is 1.99. The van der Waals surface area contributed by atoms with Crippen LogP contribution in [0.2, 0.25) is 0 Å². The second kappa shape index (κ2) is 4.27. The zero-order valence-electron chi connectivity index (χ0n) is 9.91. The number of H-pyrrole nitrogens is 1. The van der Waals surface area contributed by atoms with E-state index in [0.717, 1.165) is 6.07 Å². The van der Waals surface area contributed by atoms with Gasteiger partial charge in [-0.25, -0.2) is 8.78 Å². The van der Waals surface area contributed by atoms with Crippen LogP contribution in [-0.4, -0.2) is 14.7 Å². The molecule has 7 heteroatoms. The standard InChI is InChI=1S/C12H9F2N3OS/c1-6-4-7(16-18-6)5-17-11-9(15-12(17)19)3-2-8(13)10(11)14/h2-4H,5H2,1H3,(H,15,19). The van der Waals surface area contributed by atoms with E-state index in [1.165, 1.54) is 10.6 Å². The van der Waals surface area contributed by atoms with Gasteiger partial charge in [0.1, 0.15) is 17.0 Å². The Morgan fingerprint density at radius 1 is 1.42 bits per heavy atom. The molecule has 3 rings (SSSR count). The van der Waals surface area contributed by atoms with Crippen molar-refractivity contribution in [2.75, 3.05) is 0 Å². The van der Waals surface area contributed by atoms with Crippen LogP contribution in [0.15, 0.2) is 22.7 Å².